The summed E-state index contributed by atoms with van der Waals surface area (Å²) in [5.41, 5.74) is 7.30. The minimum Gasteiger partial charge on any atom is -0.481 e. The molecule has 86 valence electrons. The number of hydrogen-bond acceptors (Lipinski definition) is 2. The third-order valence-corrected chi connectivity index (χ3v) is 2.65. The number of aliphatic carboxylic acids is 1. The molecular formula is C12H14ClNO2. The minimum absolute atomic E-state index is 0.0129. The van der Waals surface area contributed by atoms with E-state index in [1.165, 1.54) is 0 Å². The number of halogens is 1. The van der Waals surface area contributed by atoms with E-state index in [1.807, 2.05) is 0 Å². The number of rotatable bonds is 5. The van der Waals surface area contributed by atoms with Crippen molar-refractivity contribution in [2.24, 2.45) is 5.73 Å². The van der Waals surface area contributed by atoms with Gasteiger partial charge < -0.3 is 10.8 Å². The lowest BCUT2D eigenvalue weighted by Crippen LogP contribution is -2.17. The van der Waals surface area contributed by atoms with E-state index in [9.17, 15) is 4.79 Å². The third-order valence-electron chi connectivity index (χ3n) is 2.41. The molecule has 0 aromatic heterocycles. The van der Waals surface area contributed by atoms with Crippen LogP contribution in [-0.4, -0.2) is 17.6 Å². The summed E-state index contributed by atoms with van der Waals surface area (Å²) >= 11 is 5.85. The molecule has 0 aliphatic heterocycles. The van der Waals surface area contributed by atoms with Gasteiger partial charge in [-0.15, -0.1) is 0 Å². The molecule has 3 nitrogen and oxygen atoms in total. The van der Waals surface area contributed by atoms with Gasteiger partial charge in [0, 0.05) is 10.9 Å². The van der Waals surface area contributed by atoms with Crippen molar-refractivity contribution in [2.75, 3.05) is 6.54 Å². The number of carboxylic acid groups (broad SMARTS) is 1. The average molecular weight is 240 g/mol. The van der Waals surface area contributed by atoms with Crippen LogP contribution in [0.4, 0.5) is 0 Å². The second-order valence-corrected chi connectivity index (χ2v) is 3.94. The van der Waals surface area contributed by atoms with Crippen LogP contribution in [0.15, 0.2) is 24.8 Å². The van der Waals surface area contributed by atoms with Gasteiger partial charge in [-0.05, 0) is 29.8 Å². The molecule has 4 heteroatoms. The average Bonchev–Trinajstić information content (AvgIpc) is 2.25. The van der Waals surface area contributed by atoms with Gasteiger partial charge in [-0.2, -0.15) is 0 Å². The summed E-state index contributed by atoms with van der Waals surface area (Å²) in [6.07, 6.45) is 1.67. The van der Waals surface area contributed by atoms with E-state index in [1.54, 1.807) is 24.3 Å². The van der Waals surface area contributed by atoms with E-state index in [-0.39, 0.29) is 18.9 Å². The Morgan fingerprint density at radius 3 is 2.81 bits per heavy atom. The summed E-state index contributed by atoms with van der Waals surface area (Å²) in [5, 5.41) is 9.39. The maximum atomic E-state index is 10.7. The Hall–Kier alpha value is -1.32. The number of carbonyl (C=O) groups is 1. The molecule has 0 heterocycles. The molecule has 1 atom stereocenters. The van der Waals surface area contributed by atoms with Crippen LogP contribution < -0.4 is 5.73 Å². The van der Waals surface area contributed by atoms with Crippen molar-refractivity contribution in [3.63, 3.8) is 0 Å². The van der Waals surface area contributed by atoms with Crippen molar-refractivity contribution in [2.45, 2.75) is 12.3 Å². The molecule has 0 saturated carbocycles. The van der Waals surface area contributed by atoms with E-state index in [0.717, 1.165) is 11.1 Å². The number of hydrogen-bond donors (Lipinski definition) is 2. The zero-order chi connectivity index (χ0) is 12.1. The van der Waals surface area contributed by atoms with Crippen molar-refractivity contribution in [1.29, 1.82) is 0 Å². The molecule has 0 spiro atoms. The highest BCUT2D eigenvalue weighted by atomic mass is 35.5. The van der Waals surface area contributed by atoms with Crippen LogP contribution in [-0.2, 0) is 4.79 Å². The maximum absolute atomic E-state index is 10.7. The zero-order valence-corrected chi connectivity index (χ0v) is 9.57. The van der Waals surface area contributed by atoms with E-state index in [2.05, 4.69) is 6.58 Å². The molecule has 0 amide bonds. The highest BCUT2D eigenvalue weighted by molar-refractivity contribution is 6.30. The minimum atomic E-state index is -0.861. The Morgan fingerprint density at radius 1 is 1.62 bits per heavy atom. The van der Waals surface area contributed by atoms with Gasteiger partial charge in [0.05, 0.1) is 6.42 Å². The van der Waals surface area contributed by atoms with Crippen molar-refractivity contribution in [3.8, 4) is 0 Å². The topological polar surface area (TPSA) is 63.3 Å². The Labute approximate surface area is 99.5 Å². The maximum Gasteiger partial charge on any atom is 0.304 e. The van der Waals surface area contributed by atoms with Crippen LogP contribution in [0.25, 0.3) is 6.08 Å². The SMILES string of the molecule is C=Cc1cc(Cl)ccc1C(CN)CC(=O)O. The molecule has 1 aromatic rings. The van der Waals surface area contributed by atoms with Crippen molar-refractivity contribution < 1.29 is 9.90 Å². The molecule has 1 unspecified atom stereocenters. The lowest BCUT2D eigenvalue weighted by Gasteiger charge is -2.15. The molecule has 0 fully saturated rings. The first-order valence-corrected chi connectivity index (χ1v) is 5.30. The fraction of sp³-hybridized carbons (Fsp3) is 0.250. The predicted molar refractivity (Wildman–Crippen MR) is 65.6 cm³/mol. The van der Waals surface area contributed by atoms with Crippen LogP contribution in [0.1, 0.15) is 23.5 Å². The first-order chi connectivity index (χ1) is 7.58. The monoisotopic (exact) mass is 239 g/mol. The molecule has 0 aliphatic carbocycles. The molecule has 1 aromatic carbocycles. The molecule has 0 radical (unpaired) electrons. The van der Waals surface area contributed by atoms with E-state index < -0.39 is 5.97 Å². The zero-order valence-electron chi connectivity index (χ0n) is 8.82. The van der Waals surface area contributed by atoms with Crippen LogP contribution in [0.3, 0.4) is 0 Å². The first kappa shape index (κ1) is 12.7. The fourth-order valence-electron chi connectivity index (χ4n) is 1.63. The highest BCUT2D eigenvalue weighted by Gasteiger charge is 2.16. The Balaban J connectivity index is 3.08. The standard InChI is InChI=1S/C12H14ClNO2/c1-2-8-5-10(13)3-4-11(8)9(7-14)6-12(15)16/h2-5,9H,1,6-7,14H2,(H,15,16). The predicted octanol–water partition coefficient (Wildman–Crippen LogP) is 2.50. The molecule has 16 heavy (non-hydrogen) atoms. The quantitative estimate of drug-likeness (QED) is 0.830. The molecule has 1 rings (SSSR count). The van der Waals surface area contributed by atoms with Gasteiger partial charge in [0.1, 0.15) is 0 Å². The van der Waals surface area contributed by atoms with E-state index in [0.29, 0.717) is 5.02 Å². The molecular weight excluding hydrogens is 226 g/mol. The summed E-state index contributed by atoms with van der Waals surface area (Å²) < 4.78 is 0. The third kappa shape index (κ3) is 3.08. The largest absolute Gasteiger partial charge is 0.481 e. The normalized spacial score (nSPS) is 12.1. The van der Waals surface area contributed by atoms with Gasteiger partial charge >= 0.3 is 5.97 Å². The van der Waals surface area contributed by atoms with Crippen LogP contribution in [0, 0.1) is 0 Å². The van der Waals surface area contributed by atoms with Gasteiger partial charge in [-0.1, -0.05) is 30.3 Å². The van der Waals surface area contributed by atoms with Crippen molar-refractivity contribution in [3.05, 3.63) is 40.9 Å². The molecule has 0 bridgehead atoms. The summed E-state index contributed by atoms with van der Waals surface area (Å²) in [5.74, 6) is -1.07. The Morgan fingerprint density at radius 2 is 2.31 bits per heavy atom. The number of benzene rings is 1. The molecule has 3 N–H and O–H groups in total. The van der Waals surface area contributed by atoms with Crippen LogP contribution in [0.5, 0.6) is 0 Å². The molecule has 0 aliphatic rings. The van der Waals surface area contributed by atoms with Crippen molar-refractivity contribution >= 4 is 23.6 Å². The molecule has 0 saturated heterocycles. The first-order valence-electron chi connectivity index (χ1n) is 4.92. The summed E-state index contributed by atoms with van der Waals surface area (Å²) in [4.78, 5) is 10.7. The lowest BCUT2D eigenvalue weighted by molar-refractivity contribution is -0.137. The van der Waals surface area contributed by atoms with Gasteiger partial charge in [0.2, 0.25) is 0 Å². The smallest absolute Gasteiger partial charge is 0.304 e. The van der Waals surface area contributed by atoms with Gasteiger partial charge in [0.15, 0.2) is 0 Å². The Kier molecular flexibility index (Phi) is 4.52. The summed E-state index contributed by atoms with van der Waals surface area (Å²) in [6, 6.07) is 5.29. The number of nitrogens with two attached hydrogens (primary N) is 1. The second kappa shape index (κ2) is 5.68. The second-order valence-electron chi connectivity index (χ2n) is 3.51. The van der Waals surface area contributed by atoms with Gasteiger partial charge in [-0.25, -0.2) is 0 Å². The van der Waals surface area contributed by atoms with Gasteiger partial charge in [0.25, 0.3) is 0 Å². The van der Waals surface area contributed by atoms with Crippen LogP contribution in [0.2, 0.25) is 5.02 Å². The van der Waals surface area contributed by atoms with E-state index in [4.69, 9.17) is 22.4 Å². The number of carboxylic acids is 1. The summed E-state index contributed by atoms with van der Waals surface area (Å²) in [6.45, 7) is 3.97. The van der Waals surface area contributed by atoms with Crippen molar-refractivity contribution in [1.82, 2.24) is 0 Å². The Bertz CT molecular complexity index is 404. The summed E-state index contributed by atoms with van der Waals surface area (Å²) in [7, 11) is 0. The lowest BCUT2D eigenvalue weighted by atomic mass is 9.91. The fourth-order valence-corrected chi connectivity index (χ4v) is 1.81. The highest BCUT2D eigenvalue weighted by Crippen LogP contribution is 2.26. The van der Waals surface area contributed by atoms with Gasteiger partial charge in [-0.3, -0.25) is 4.79 Å². The van der Waals surface area contributed by atoms with Crippen LogP contribution >= 0.6 is 11.6 Å². The van der Waals surface area contributed by atoms with E-state index >= 15 is 0 Å².